The molecule has 0 unspecified atom stereocenters. The quantitative estimate of drug-likeness (QED) is 0.243. The Morgan fingerprint density at radius 3 is 1.00 bits per heavy atom. The molecule has 30 heavy (non-hydrogen) atoms. The topological polar surface area (TPSA) is 126 Å². The highest BCUT2D eigenvalue weighted by atomic mass is 32.2. The molecule has 2 N–H and O–H groups in total. The Bertz CT molecular complexity index is 472. The van der Waals surface area contributed by atoms with E-state index in [0.717, 1.165) is 17.4 Å². The van der Waals surface area contributed by atoms with Crippen molar-refractivity contribution in [1.29, 1.82) is 0 Å². The molecular weight excluding hydrogens is 487 g/mol. The van der Waals surface area contributed by atoms with Crippen LogP contribution in [0.25, 0.3) is 0 Å². The smallest absolute Gasteiger partial charge is 0.194 e. The maximum absolute atomic E-state index is 9.77. The first-order chi connectivity index (χ1) is 12.7. The summed E-state index contributed by atoms with van der Waals surface area (Å²) in [7, 11) is -5.92. The third-order valence-corrected chi connectivity index (χ3v) is 0. The van der Waals surface area contributed by atoms with Crippen molar-refractivity contribution in [3.63, 3.8) is 0 Å². The molecule has 0 rings (SSSR count). The summed E-state index contributed by atoms with van der Waals surface area (Å²) in [6, 6.07) is 0. The van der Waals surface area contributed by atoms with Crippen molar-refractivity contribution < 1.29 is 32.0 Å². The van der Waals surface area contributed by atoms with Gasteiger partial charge in [-0.1, -0.05) is 26.1 Å². The summed E-state index contributed by atoms with van der Waals surface area (Å²) in [4.78, 5) is 18.5. The van der Waals surface area contributed by atoms with Crippen molar-refractivity contribution in [2.24, 2.45) is 0 Å². The van der Waals surface area contributed by atoms with Gasteiger partial charge in [-0.15, -0.1) is 0 Å². The average Bonchev–Trinajstić information content (AvgIpc) is 2.16. The Labute approximate surface area is 200 Å². The lowest BCUT2D eigenvalue weighted by molar-refractivity contribution is -0.115. The minimum atomic E-state index is -2.67. The van der Waals surface area contributed by atoms with Gasteiger partial charge in [0.25, 0.3) is 0 Å². The SMILES string of the molecule is CC(C)=O.CC(C)=S.CC(C)O.CC(C)S.CP(C)(=O)O.CS(C)(=O)=O.CS(C)=O. The highest BCUT2D eigenvalue weighted by molar-refractivity contribution is 7.89. The average molecular weight is 535 g/mol. The Morgan fingerprint density at radius 2 is 1.00 bits per heavy atom. The number of sulfone groups is 1. The summed E-state index contributed by atoms with van der Waals surface area (Å²) < 4.78 is 38.6. The number of Topliss-reactive ketones (excluding diaryl/α,β-unsaturated/α-hetero) is 1. The summed E-state index contributed by atoms with van der Waals surface area (Å²) in [6.07, 6.45) is 5.43. The molecule has 12 heteroatoms. The van der Waals surface area contributed by atoms with Crippen LogP contribution in [0, 0.1) is 0 Å². The van der Waals surface area contributed by atoms with E-state index in [9.17, 15) is 22.0 Å². The molecule has 0 aliphatic heterocycles. The number of carbonyl (C=O) groups excluding carboxylic acids is 1. The van der Waals surface area contributed by atoms with E-state index in [1.165, 1.54) is 27.2 Å². The summed E-state index contributed by atoms with van der Waals surface area (Å²) in [6.45, 7) is 17.0. The molecule has 0 radical (unpaired) electrons. The number of thiol groups is 1. The number of carbonyl (C=O) groups is 1. The summed E-state index contributed by atoms with van der Waals surface area (Å²) in [5.41, 5.74) is 0. The van der Waals surface area contributed by atoms with E-state index in [2.05, 4.69) is 24.8 Å². The van der Waals surface area contributed by atoms with Gasteiger partial charge in [0.2, 0.25) is 0 Å². The molecule has 0 aliphatic carbocycles. The second-order valence-corrected chi connectivity index (χ2v) is 15.4. The number of hydrogen-bond donors (Lipinski definition) is 3. The fourth-order valence-electron chi connectivity index (χ4n) is 0. The first kappa shape index (κ1) is 48.0. The molecule has 0 aromatic carbocycles. The van der Waals surface area contributed by atoms with Crippen LogP contribution < -0.4 is 0 Å². The molecule has 0 aromatic rings. The number of ketones is 1. The molecule has 7 nitrogen and oxygen atoms in total. The van der Waals surface area contributed by atoms with E-state index in [4.69, 9.17) is 10.00 Å². The van der Waals surface area contributed by atoms with Crippen LogP contribution in [0.3, 0.4) is 0 Å². The fourth-order valence-corrected chi connectivity index (χ4v) is 0. The summed E-state index contributed by atoms with van der Waals surface area (Å²) in [5.74, 6) is 0.167. The molecule has 0 bridgehead atoms. The molecule has 0 fully saturated rings. The second-order valence-electron chi connectivity index (χ2n) is 7.18. The molecule has 0 aromatic heterocycles. The summed E-state index contributed by atoms with van der Waals surface area (Å²) in [5, 5.41) is 8.58. The van der Waals surface area contributed by atoms with E-state index >= 15 is 0 Å². The van der Waals surface area contributed by atoms with Crippen LogP contribution in [0.2, 0.25) is 0 Å². The zero-order valence-electron chi connectivity index (χ0n) is 21.2. The van der Waals surface area contributed by atoms with E-state index in [-0.39, 0.29) is 11.9 Å². The van der Waals surface area contributed by atoms with Gasteiger partial charge in [0.15, 0.2) is 7.37 Å². The molecule has 190 valence electrons. The lowest BCUT2D eigenvalue weighted by Crippen LogP contribution is -1.86. The van der Waals surface area contributed by atoms with Gasteiger partial charge in [-0.05, 0) is 51.7 Å². The predicted octanol–water partition coefficient (Wildman–Crippen LogP) is 3.88. The number of rotatable bonds is 0. The monoisotopic (exact) mass is 534 g/mol. The van der Waals surface area contributed by atoms with E-state index in [1.807, 2.05) is 27.7 Å². The standard InChI is InChI=1S/C3H8O.C3H6O.C3H8S.C3H6S.C2H7O2P.C2H6O2S.C2H6OS/c4*1-3(2)4;2*1-5(2,3)4;1-4(2)3/h3-4H,1-2H3;1-2H3;3-4H,1-2H3;1-2H3;1-2H3,(H,3,4);1-2H3;1-2H3. The normalized spacial score (nSPS) is 9.20. The number of thiocarbonyl (C=S) groups is 1. The van der Waals surface area contributed by atoms with Crippen LogP contribution in [-0.2, 0) is 30.0 Å². The molecule has 0 atom stereocenters. The van der Waals surface area contributed by atoms with Crippen molar-refractivity contribution >= 4 is 63.5 Å². The Balaban J connectivity index is -0.0000000413. The van der Waals surface area contributed by atoms with Gasteiger partial charge < -0.3 is 14.8 Å². The first-order valence-electron chi connectivity index (χ1n) is 8.64. The zero-order valence-corrected chi connectivity index (χ0v) is 25.4. The highest BCUT2D eigenvalue weighted by Crippen LogP contribution is 2.27. The molecule has 0 saturated carbocycles. The van der Waals surface area contributed by atoms with E-state index < -0.39 is 28.0 Å². The van der Waals surface area contributed by atoms with E-state index in [1.54, 1.807) is 26.4 Å². The molecule has 0 heterocycles. The highest BCUT2D eigenvalue weighted by Gasteiger charge is 1.92. The van der Waals surface area contributed by atoms with Crippen molar-refractivity contribution in [2.75, 3.05) is 38.4 Å². The third kappa shape index (κ3) is 164000. The molecule has 0 aliphatic rings. The lowest BCUT2D eigenvalue weighted by Gasteiger charge is -1.86. The minimum Gasteiger partial charge on any atom is -0.394 e. The van der Waals surface area contributed by atoms with Gasteiger partial charge in [-0.25, -0.2) is 8.42 Å². The third-order valence-electron chi connectivity index (χ3n) is 0. The Hall–Kier alpha value is 0.360. The molecule has 0 saturated heterocycles. The Morgan fingerprint density at radius 1 is 1.00 bits per heavy atom. The van der Waals surface area contributed by atoms with Crippen LogP contribution in [0.5, 0.6) is 0 Å². The fraction of sp³-hybridized carbons (Fsp3) is 0.889. The minimum absolute atomic E-state index is 0.167. The molecular formula is C18H47O7PS4. The largest absolute Gasteiger partial charge is 0.394 e. The van der Waals surface area contributed by atoms with E-state index in [0.29, 0.717) is 5.25 Å². The van der Waals surface area contributed by atoms with Crippen LogP contribution in [0.15, 0.2) is 0 Å². The van der Waals surface area contributed by atoms with Crippen LogP contribution in [0.4, 0.5) is 0 Å². The van der Waals surface area contributed by atoms with Gasteiger partial charge in [0, 0.05) is 55.3 Å². The zero-order chi connectivity index (χ0) is 26.9. The van der Waals surface area contributed by atoms with Gasteiger partial charge in [-0.2, -0.15) is 12.6 Å². The van der Waals surface area contributed by atoms with Gasteiger partial charge in [0.1, 0.15) is 15.6 Å². The number of aliphatic hydroxyl groups is 1. The maximum Gasteiger partial charge on any atom is 0.194 e. The van der Waals surface area contributed by atoms with Gasteiger partial charge >= 0.3 is 0 Å². The van der Waals surface area contributed by atoms with Crippen molar-refractivity contribution in [3.8, 4) is 0 Å². The first-order valence-corrected chi connectivity index (χ1v) is 16.4. The van der Waals surface area contributed by atoms with Gasteiger partial charge in [-0.3, -0.25) is 8.77 Å². The maximum atomic E-state index is 9.77. The lowest BCUT2D eigenvalue weighted by atomic mass is 10.5. The van der Waals surface area contributed by atoms with Crippen molar-refractivity contribution in [2.45, 2.75) is 66.7 Å². The van der Waals surface area contributed by atoms with Crippen LogP contribution in [-0.4, -0.2) is 83.0 Å². The second kappa shape index (κ2) is 31.5. The molecule has 0 spiro atoms. The Kier molecular flexibility index (Phi) is 50.4. The summed E-state index contributed by atoms with van der Waals surface area (Å²) >= 11 is 8.50. The number of hydrogen-bond acceptors (Lipinski definition) is 8. The van der Waals surface area contributed by atoms with Crippen LogP contribution >= 0.6 is 32.2 Å². The predicted molar refractivity (Wildman–Crippen MR) is 144 cm³/mol. The van der Waals surface area contributed by atoms with Crippen molar-refractivity contribution in [1.82, 2.24) is 0 Å². The van der Waals surface area contributed by atoms with Crippen LogP contribution in [0.1, 0.15) is 55.4 Å². The van der Waals surface area contributed by atoms with Crippen molar-refractivity contribution in [3.05, 3.63) is 0 Å². The number of aliphatic hydroxyl groups excluding tert-OH is 1. The van der Waals surface area contributed by atoms with Gasteiger partial charge in [0.05, 0.1) is 0 Å². The molecule has 0 amide bonds.